The molecular formula is C43H50F2N6O8S. The first-order chi connectivity index (χ1) is 27.8. The summed E-state index contributed by atoms with van der Waals surface area (Å²) in [4.78, 5) is 69.9. The summed E-state index contributed by atoms with van der Waals surface area (Å²) in [5.74, 6) is -4.74. The van der Waals surface area contributed by atoms with Crippen molar-refractivity contribution in [1.29, 1.82) is 0 Å². The van der Waals surface area contributed by atoms with E-state index >= 15 is 8.78 Å². The minimum absolute atomic E-state index is 0.0305. The SMILES string of the molecule is Cc1c(C)n(C)c(=O)n(-c2ccc(C[C@H](NC(=O)c3cc(F)c(NS(=O)(=O)c4ccc(NC(=O)C(C)(C)C)cc4)cc3F)C(=O)O[C@@H]3C[C@]4(C)CC[C@@H]3C4(C)C)cn2)c1=O. The van der Waals surface area contributed by atoms with Gasteiger partial charge >= 0.3 is 11.7 Å². The minimum Gasteiger partial charge on any atom is -0.461 e. The number of amides is 2. The van der Waals surface area contributed by atoms with E-state index in [0.717, 1.165) is 17.4 Å². The maximum absolute atomic E-state index is 15.6. The van der Waals surface area contributed by atoms with E-state index in [9.17, 15) is 32.4 Å². The number of aromatic nitrogens is 3. The second-order valence-electron chi connectivity index (χ2n) is 17.7. The molecule has 0 saturated heterocycles. The lowest BCUT2D eigenvalue weighted by atomic mass is 9.71. The number of halogens is 2. The van der Waals surface area contributed by atoms with Crippen molar-refractivity contribution >= 4 is 39.2 Å². The number of pyridine rings is 1. The summed E-state index contributed by atoms with van der Waals surface area (Å²) in [6.07, 6.45) is 3.12. The van der Waals surface area contributed by atoms with Crippen molar-refractivity contribution in [2.75, 3.05) is 10.0 Å². The Hall–Kier alpha value is -5.71. The van der Waals surface area contributed by atoms with Crippen molar-refractivity contribution in [2.24, 2.45) is 29.2 Å². The third kappa shape index (κ3) is 8.23. The third-order valence-electron chi connectivity index (χ3n) is 12.6. The highest BCUT2D eigenvalue weighted by Crippen LogP contribution is 2.66. The van der Waals surface area contributed by atoms with Gasteiger partial charge in [-0.3, -0.25) is 19.1 Å². The second-order valence-corrected chi connectivity index (χ2v) is 19.4. The zero-order chi connectivity index (χ0) is 44.3. The molecule has 2 aromatic carbocycles. The van der Waals surface area contributed by atoms with E-state index in [1.54, 1.807) is 34.6 Å². The number of anilines is 2. The maximum Gasteiger partial charge on any atom is 0.336 e. The van der Waals surface area contributed by atoms with E-state index in [1.807, 2.05) is 4.72 Å². The lowest BCUT2D eigenvalue weighted by molar-refractivity contribution is -0.154. The number of rotatable bonds is 11. The summed E-state index contributed by atoms with van der Waals surface area (Å²) in [6, 6.07) is 7.62. The number of esters is 1. The fourth-order valence-corrected chi connectivity index (χ4v) is 9.15. The van der Waals surface area contributed by atoms with Crippen LogP contribution in [0.1, 0.15) is 88.0 Å². The summed E-state index contributed by atoms with van der Waals surface area (Å²) in [7, 11) is -2.93. The molecule has 4 aromatic rings. The number of nitrogens with one attached hydrogen (secondary N) is 3. The Balaban J connectivity index is 1.23. The van der Waals surface area contributed by atoms with Crippen LogP contribution in [-0.4, -0.2) is 52.5 Å². The van der Waals surface area contributed by atoms with Gasteiger partial charge in [0.15, 0.2) is 0 Å². The van der Waals surface area contributed by atoms with Crippen LogP contribution in [0.15, 0.2) is 69.2 Å². The number of sulfonamides is 1. The van der Waals surface area contributed by atoms with Gasteiger partial charge in [-0.1, -0.05) is 47.6 Å². The first-order valence-electron chi connectivity index (χ1n) is 19.5. The Morgan fingerprint density at radius 2 is 1.67 bits per heavy atom. The van der Waals surface area contributed by atoms with E-state index in [0.29, 0.717) is 41.1 Å². The van der Waals surface area contributed by atoms with Gasteiger partial charge in [-0.15, -0.1) is 0 Å². The van der Waals surface area contributed by atoms with Crippen LogP contribution in [0.2, 0.25) is 0 Å². The van der Waals surface area contributed by atoms with Crippen LogP contribution in [-0.2, 0) is 37.8 Å². The summed E-state index contributed by atoms with van der Waals surface area (Å²) >= 11 is 0. The van der Waals surface area contributed by atoms with E-state index in [-0.39, 0.29) is 39.8 Å². The molecule has 60 heavy (non-hydrogen) atoms. The van der Waals surface area contributed by atoms with E-state index in [2.05, 4.69) is 36.4 Å². The molecule has 17 heteroatoms. The van der Waals surface area contributed by atoms with E-state index < -0.39 is 73.6 Å². The van der Waals surface area contributed by atoms with Crippen molar-refractivity contribution in [3.8, 4) is 5.82 Å². The topological polar surface area (TPSA) is 188 Å². The van der Waals surface area contributed by atoms with Crippen molar-refractivity contribution in [3.63, 3.8) is 0 Å². The molecule has 2 amide bonds. The predicted molar refractivity (Wildman–Crippen MR) is 220 cm³/mol. The highest BCUT2D eigenvalue weighted by Gasteiger charge is 2.62. The van der Waals surface area contributed by atoms with Gasteiger partial charge < -0.3 is 19.9 Å². The standard InChI is InChI=1S/C43H50F2N6O8S/c1-23-24(2)50(9)40(56)51(37(23)53)35-15-10-25(22-46-35)18-33(38(54)59-34-21-43(8)17-16-29(34)42(43,6)7)48-36(52)28-19-31(45)32(20-30(28)44)49-60(57,58)27-13-11-26(12-14-27)47-39(55)41(3,4)5/h10-15,19-20,22,29,33-34,49H,16-18,21H2,1-9H3,(H,47,55)(H,48,52)/t29-,33-,34+,43-/m0/s1. The molecule has 3 N–H and O–H groups in total. The average Bonchev–Trinajstić information content (AvgIpc) is 3.51. The lowest BCUT2D eigenvalue weighted by Crippen LogP contribution is -2.45. The van der Waals surface area contributed by atoms with Gasteiger partial charge in [0.1, 0.15) is 29.6 Å². The molecule has 2 aliphatic carbocycles. The Labute approximate surface area is 346 Å². The summed E-state index contributed by atoms with van der Waals surface area (Å²) in [6.45, 7) is 14.8. The van der Waals surface area contributed by atoms with E-state index in [1.165, 1.54) is 54.2 Å². The van der Waals surface area contributed by atoms with Crippen LogP contribution in [0.5, 0.6) is 0 Å². The molecule has 0 unspecified atom stereocenters. The van der Waals surface area contributed by atoms with Gasteiger partial charge in [0.25, 0.3) is 21.5 Å². The molecule has 2 fully saturated rings. The minimum atomic E-state index is -4.46. The molecule has 14 nitrogen and oxygen atoms in total. The highest BCUT2D eigenvalue weighted by molar-refractivity contribution is 7.92. The normalized spacial score (nSPS) is 20.1. The van der Waals surface area contributed by atoms with Crippen LogP contribution < -0.4 is 26.6 Å². The van der Waals surface area contributed by atoms with Crippen LogP contribution in [0.4, 0.5) is 20.2 Å². The lowest BCUT2D eigenvalue weighted by Gasteiger charge is -2.33. The molecule has 320 valence electrons. The Bertz CT molecular complexity index is 2580. The first kappa shape index (κ1) is 43.9. The Kier molecular flexibility index (Phi) is 11.5. The average molecular weight is 849 g/mol. The molecule has 4 atom stereocenters. The largest absolute Gasteiger partial charge is 0.461 e. The van der Waals surface area contributed by atoms with Crippen molar-refractivity contribution in [1.82, 2.24) is 19.4 Å². The van der Waals surface area contributed by atoms with Crippen LogP contribution in [0, 0.1) is 47.6 Å². The molecule has 2 saturated carbocycles. The molecule has 6 rings (SSSR count). The number of carbonyl (C=O) groups excluding carboxylic acids is 3. The van der Waals surface area contributed by atoms with Gasteiger partial charge in [0, 0.05) is 54.0 Å². The quantitative estimate of drug-likeness (QED) is 0.159. The number of ether oxygens (including phenoxy) is 1. The van der Waals surface area contributed by atoms with Crippen molar-refractivity contribution in [3.05, 3.63) is 110 Å². The second kappa shape index (κ2) is 15.7. The zero-order valence-electron chi connectivity index (χ0n) is 35.0. The van der Waals surface area contributed by atoms with Crippen LogP contribution >= 0.6 is 0 Å². The van der Waals surface area contributed by atoms with Gasteiger partial charge in [-0.2, -0.15) is 0 Å². The molecule has 2 aromatic heterocycles. The Morgan fingerprint density at radius 3 is 2.23 bits per heavy atom. The number of hydrogen-bond acceptors (Lipinski definition) is 9. The molecular weight excluding hydrogens is 799 g/mol. The van der Waals surface area contributed by atoms with E-state index in [4.69, 9.17) is 4.74 Å². The van der Waals surface area contributed by atoms with Crippen molar-refractivity contribution in [2.45, 2.75) is 98.1 Å². The number of hydrogen-bond donors (Lipinski definition) is 3. The van der Waals surface area contributed by atoms with Crippen molar-refractivity contribution < 1.29 is 36.3 Å². The van der Waals surface area contributed by atoms with Crippen LogP contribution in [0.25, 0.3) is 5.82 Å². The Morgan fingerprint density at radius 1 is 1.00 bits per heavy atom. The fraction of sp³-hybridized carbons (Fsp3) is 0.442. The summed E-state index contributed by atoms with van der Waals surface area (Å²) in [5, 5.41) is 5.15. The number of nitrogens with zero attached hydrogens (tertiary/aromatic N) is 3. The van der Waals surface area contributed by atoms with Gasteiger partial charge in [0.2, 0.25) is 5.91 Å². The molecule has 0 spiro atoms. The molecule has 0 radical (unpaired) electrons. The highest BCUT2D eigenvalue weighted by atomic mass is 32.2. The van der Waals surface area contributed by atoms with Crippen LogP contribution in [0.3, 0.4) is 0 Å². The molecule has 2 bridgehead atoms. The fourth-order valence-electron chi connectivity index (χ4n) is 8.09. The van der Waals surface area contributed by atoms with Gasteiger partial charge in [0.05, 0.1) is 16.1 Å². The zero-order valence-corrected chi connectivity index (χ0v) is 35.8. The predicted octanol–water partition coefficient (Wildman–Crippen LogP) is 5.71. The number of carbonyl (C=O) groups is 3. The van der Waals surface area contributed by atoms with Gasteiger partial charge in [-0.25, -0.2) is 36.3 Å². The molecule has 2 heterocycles. The molecule has 0 aliphatic heterocycles. The summed E-state index contributed by atoms with van der Waals surface area (Å²) < 4.78 is 67.7. The summed E-state index contributed by atoms with van der Waals surface area (Å²) in [5.41, 5.74) is -2.05. The monoisotopic (exact) mass is 848 g/mol. The maximum atomic E-state index is 15.6. The van der Waals surface area contributed by atoms with Gasteiger partial charge in [-0.05, 0) is 85.9 Å². The number of benzene rings is 2. The third-order valence-corrected chi connectivity index (χ3v) is 14.0. The number of fused-ring (bicyclic) bond motifs is 2. The molecule has 2 aliphatic rings. The first-order valence-corrected chi connectivity index (χ1v) is 21.0. The smallest absolute Gasteiger partial charge is 0.336 e.